The van der Waals surface area contributed by atoms with Gasteiger partial charge in [-0.25, -0.2) is 4.98 Å². The van der Waals surface area contributed by atoms with Crippen molar-refractivity contribution in [2.24, 2.45) is 5.10 Å². The highest BCUT2D eigenvalue weighted by atomic mass is 79.9. The number of aromatic nitrogens is 3. The van der Waals surface area contributed by atoms with Gasteiger partial charge in [0, 0.05) is 26.8 Å². The van der Waals surface area contributed by atoms with E-state index in [4.69, 9.17) is 4.98 Å². The van der Waals surface area contributed by atoms with Crippen LogP contribution in [0, 0.1) is 27.7 Å². The van der Waals surface area contributed by atoms with Gasteiger partial charge in [-0.1, -0.05) is 54.9 Å². The molecule has 0 aliphatic rings. The molecule has 0 saturated carbocycles. The molecule has 5 nitrogen and oxygen atoms in total. The molecule has 0 radical (unpaired) electrons. The summed E-state index contributed by atoms with van der Waals surface area (Å²) in [4.78, 5) is 18.2. The lowest BCUT2D eigenvalue weighted by molar-refractivity contribution is 0.506. The summed E-state index contributed by atoms with van der Waals surface area (Å²) >= 11 is 3.46. The van der Waals surface area contributed by atoms with E-state index < -0.39 is 0 Å². The normalized spacial score (nSPS) is 12.2. The number of halogens is 1. The predicted octanol–water partition coefficient (Wildman–Crippen LogP) is 6.36. The SMILES string of the molecule is Cc1cccc(C)c1-n1c(C)cc(C=Nn2c(C(C)(C)C)nc3ccc(Br)cc3c2=O)c1C. The molecule has 4 rings (SSSR count). The molecule has 0 saturated heterocycles. The number of nitrogens with zero attached hydrogens (tertiary/aromatic N) is 4. The summed E-state index contributed by atoms with van der Waals surface area (Å²) in [5, 5.41) is 5.20. The Morgan fingerprint density at radius 3 is 2.30 bits per heavy atom. The van der Waals surface area contributed by atoms with E-state index in [0.717, 1.165) is 21.4 Å². The zero-order chi connectivity index (χ0) is 24.1. The smallest absolute Gasteiger partial charge is 0.282 e. The van der Waals surface area contributed by atoms with Crippen LogP contribution in [0.4, 0.5) is 0 Å². The second-order valence-electron chi connectivity index (χ2n) is 9.61. The van der Waals surface area contributed by atoms with Gasteiger partial charge in [0.05, 0.1) is 22.8 Å². The van der Waals surface area contributed by atoms with Crippen molar-refractivity contribution in [1.29, 1.82) is 0 Å². The van der Waals surface area contributed by atoms with Crippen molar-refractivity contribution < 1.29 is 0 Å². The van der Waals surface area contributed by atoms with Gasteiger partial charge in [0.1, 0.15) is 5.82 Å². The Morgan fingerprint density at radius 2 is 1.67 bits per heavy atom. The molecule has 2 aromatic carbocycles. The van der Waals surface area contributed by atoms with E-state index in [1.54, 1.807) is 12.3 Å². The molecule has 0 fully saturated rings. The number of hydrogen-bond acceptors (Lipinski definition) is 3. The molecule has 2 heterocycles. The minimum absolute atomic E-state index is 0.175. The van der Waals surface area contributed by atoms with Gasteiger partial charge < -0.3 is 4.57 Å². The average Bonchev–Trinajstić information content (AvgIpc) is 3.00. The third-order valence-corrected chi connectivity index (χ3v) is 6.42. The Morgan fingerprint density at radius 1 is 1.00 bits per heavy atom. The first-order chi connectivity index (χ1) is 15.5. The predicted molar refractivity (Wildman–Crippen MR) is 140 cm³/mol. The highest BCUT2D eigenvalue weighted by Crippen LogP contribution is 2.26. The Bertz CT molecular complexity index is 1450. The van der Waals surface area contributed by atoms with E-state index >= 15 is 0 Å². The summed E-state index contributed by atoms with van der Waals surface area (Å²) in [5.74, 6) is 0.627. The van der Waals surface area contributed by atoms with Crippen LogP contribution in [-0.4, -0.2) is 20.4 Å². The third-order valence-electron chi connectivity index (χ3n) is 5.92. The van der Waals surface area contributed by atoms with E-state index in [9.17, 15) is 4.79 Å². The van der Waals surface area contributed by atoms with Crippen LogP contribution in [0.1, 0.15) is 54.7 Å². The Hall–Kier alpha value is -2.99. The van der Waals surface area contributed by atoms with Crippen molar-refractivity contribution in [3.05, 3.63) is 91.2 Å². The Balaban J connectivity index is 1.90. The zero-order valence-electron chi connectivity index (χ0n) is 20.2. The molecule has 0 unspecified atom stereocenters. The van der Waals surface area contributed by atoms with Crippen molar-refractivity contribution in [1.82, 2.24) is 14.2 Å². The van der Waals surface area contributed by atoms with Crippen molar-refractivity contribution in [2.45, 2.75) is 53.9 Å². The molecule has 0 spiro atoms. The maximum Gasteiger partial charge on any atom is 0.282 e. The Kier molecular flexibility index (Phi) is 5.91. The Labute approximate surface area is 202 Å². The molecule has 2 aromatic heterocycles. The van der Waals surface area contributed by atoms with Crippen molar-refractivity contribution in [3.8, 4) is 5.69 Å². The maximum atomic E-state index is 13.4. The monoisotopic (exact) mass is 504 g/mol. The molecule has 33 heavy (non-hydrogen) atoms. The molecule has 0 N–H and O–H groups in total. The minimum atomic E-state index is -0.354. The fourth-order valence-electron chi connectivity index (χ4n) is 4.28. The van der Waals surface area contributed by atoms with Gasteiger partial charge in [-0.15, -0.1) is 0 Å². The van der Waals surface area contributed by atoms with Crippen molar-refractivity contribution in [3.63, 3.8) is 0 Å². The highest BCUT2D eigenvalue weighted by Gasteiger charge is 2.23. The first-order valence-electron chi connectivity index (χ1n) is 11.0. The zero-order valence-corrected chi connectivity index (χ0v) is 21.8. The number of benzene rings is 2. The average molecular weight is 505 g/mol. The fourth-order valence-corrected chi connectivity index (χ4v) is 4.64. The maximum absolute atomic E-state index is 13.4. The lowest BCUT2D eigenvalue weighted by atomic mass is 9.95. The number of para-hydroxylation sites is 1. The van der Waals surface area contributed by atoms with Gasteiger partial charge in [0.25, 0.3) is 5.56 Å². The number of hydrogen-bond donors (Lipinski definition) is 0. The summed E-state index contributed by atoms with van der Waals surface area (Å²) in [7, 11) is 0. The summed E-state index contributed by atoms with van der Waals surface area (Å²) in [6.07, 6.45) is 1.77. The first-order valence-corrected chi connectivity index (χ1v) is 11.8. The standard InChI is InChI=1S/C27H29BrN4O/c1-16-9-8-10-17(2)24(16)31-18(3)13-20(19(31)4)15-29-32-25(33)22-14-21(28)11-12-23(22)30-26(32)27(5,6)7/h8-15H,1-7H3. The van der Waals surface area contributed by atoms with Gasteiger partial charge >= 0.3 is 0 Å². The van der Waals surface area contributed by atoms with Crippen LogP contribution in [0.15, 0.2) is 56.8 Å². The van der Waals surface area contributed by atoms with Crippen LogP contribution in [0.3, 0.4) is 0 Å². The van der Waals surface area contributed by atoms with Gasteiger partial charge in [0.2, 0.25) is 0 Å². The second-order valence-corrected chi connectivity index (χ2v) is 10.5. The van der Waals surface area contributed by atoms with Crippen molar-refractivity contribution in [2.75, 3.05) is 0 Å². The molecular weight excluding hydrogens is 476 g/mol. The van der Waals surface area contributed by atoms with Crippen LogP contribution in [0.25, 0.3) is 16.6 Å². The lowest BCUT2D eigenvalue weighted by Gasteiger charge is -2.20. The topological polar surface area (TPSA) is 52.2 Å². The highest BCUT2D eigenvalue weighted by molar-refractivity contribution is 9.10. The van der Waals surface area contributed by atoms with E-state index in [-0.39, 0.29) is 11.0 Å². The number of aryl methyl sites for hydroxylation is 3. The second kappa shape index (κ2) is 8.41. The van der Waals surface area contributed by atoms with Crippen molar-refractivity contribution >= 4 is 33.0 Å². The molecule has 0 aliphatic heterocycles. The molecule has 0 aliphatic carbocycles. The fraction of sp³-hybridized carbons (Fsp3) is 0.296. The largest absolute Gasteiger partial charge is 0.317 e. The summed E-state index contributed by atoms with van der Waals surface area (Å²) in [6, 6.07) is 14.0. The van der Waals surface area contributed by atoms with E-state index in [0.29, 0.717) is 16.7 Å². The van der Waals surface area contributed by atoms with Crippen LogP contribution in [-0.2, 0) is 5.41 Å². The van der Waals surface area contributed by atoms with Gasteiger partial charge in [-0.2, -0.15) is 9.78 Å². The van der Waals surface area contributed by atoms with Gasteiger partial charge in [-0.05, 0) is 63.1 Å². The quantitative estimate of drug-likeness (QED) is 0.304. The number of rotatable bonds is 3. The molecule has 0 bridgehead atoms. The van der Waals surface area contributed by atoms with Crippen LogP contribution in [0.2, 0.25) is 0 Å². The van der Waals surface area contributed by atoms with Gasteiger partial charge in [0.15, 0.2) is 0 Å². The molecule has 0 amide bonds. The van der Waals surface area contributed by atoms with Crippen LogP contribution in [0.5, 0.6) is 0 Å². The lowest BCUT2D eigenvalue weighted by Crippen LogP contribution is -2.29. The summed E-state index contributed by atoms with van der Waals surface area (Å²) in [6.45, 7) is 14.6. The molecule has 4 aromatic rings. The molecular formula is C27H29BrN4O. The van der Waals surface area contributed by atoms with Crippen LogP contribution >= 0.6 is 15.9 Å². The third kappa shape index (κ3) is 4.20. The van der Waals surface area contributed by atoms with Crippen LogP contribution < -0.4 is 5.56 Å². The molecule has 170 valence electrons. The molecule has 0 atom stereocenters. The minimum Gasteiger partial charge on any atom is -0.317 e. The van der Waals surface area contributed by atoms with E-state index in [1.807, 2.05) is 32.9 Å². The summed E-state index contributed by atoms with van der Waals surface area (Å²) < 4.78 is 4.54. The van der Waals surface area contributed by atoms with E-state index in [2.05, 4.69) is 77.6 Å². The van der Waals surface area contributed by atoms with Gasteiger partial charge in [-0.3, -0.25) is 4.79 Å². The van der Waals surface area contributed by atoms with E-state index in [1.165, 1.54) is 21.5 Å². The number of fused-ring (bicyclic) bond motifs is 1. The molecule has 6 heteroatoms. The summed E-state index contributed by atoms with van der Waals surface area (Å²) in [5.41, 5.74) is 6.94. The first kappa shape index (κ1) is 23.2.